The van der Waals surface area contributed by atoms with E-state index >= 15 is 0 Å². The van der Waals surface area contributed by atoms with Crippen LogP contribution in [-0.4, -0.2) is 22.6 Å². The topological polar surface area (TPSA) is 44.1 Å². The SMILES string of the molecule is COC(=O)c1c(C(F)(F)F)nc2n1CCCC2. The molecule has 0 unspecified atom stereocenters. The summed E-state index contributed by atoms with van der Waals surface area (Å²) in [5, 5.41) is 0. The van der Waals surface area contributed by atoms with Gasteiger partial charge in [0.15, 0.2) is 11.4 Å². The Kier molecular flexibility index (Phi) is 2.84. The molecule has 2 rings (SSSR count). The number of carbonyl (C=O) groups is 1. The molecular weight excluding hydrogens is 237 g/mol. The maximum absolute atomic E-state index is 12.7. The van der Waals surface area contributed by atoms with Gasteiger partial charge in [0.25, 0.3) is 0 Å². The van der Waals surface area contributed by atoms with Crippen molar-refractivity contribution in [2.45, 2.75) is 32.0 Å². The Morgan fingerprint density at radius 1 is 1.41 bits per heavy atom. The zero-order chi connectivity index (χ0) is 12.6. The Labute approximate surface area is 95.4 Å². The molecule has 0 bridgehead atoms. The van der Waals surface area contributed by atoms with E-state index in [2.05, 4.69) is 9.72 Å². The molecule has 4 nitrogen and oxygen atoms in total. The maximum atomic E-state index is 12.7. The number of methoxy groups -OCH3 is 1. The zero-order valence-corrected chi connectivity index (χ0v) is 9.17. The van der Waals surface area contributed by atoms with Crippen LogP contribution in [0.1, 0.15) is 34.8 Å². The second kappa shape index (κ2) is 4.05. The number of carbonyl (C=O) groups excluding carboxylic acids is 1. The number of halogens is 3. The van der Waals surface area contributed by atoms with Gasteiger partial charge < -0.3 is 9.30 Å². The summed E-state index contributed by atoms with van der Waals surface area (Å²) in [6, 6.07) is 0. The third-order valence-corrected chi connectivity index (χ3v) is 2.73. The summed E-state index contributed by atoms with van der Waals surface area (Å²) in [5.41, 5.74) is -1.61. The Balaban J connectivity index is 2.59. The van der Waals surface area contributed by atoms with E-state index in [0.29, 0.717) is 18.8 Å². The number of hydrogen-bond donors (Lipinski definition) is 0. The Bertz CT molecular complexity index is 451. The number of hydrogen-bond acceptors (Lipinski definition) is 3. The van der Waals surface area contributed by atoms with Gasteiger partial charge in [0.1, 0.15) is 5.82 Å². The first-order valence-corrected chi connectivity index (χ1v) is 5.20. The molecule has 94 valence electrons. The largest absolute Gasteiger partial charge is 0.464 e. The molecule has 17 heavy (non-hydrogen) atoms. The first-order chi connectivity index (χ1) is 7.95. The van der Waals surface area contributed by atoms with E-state index in [0.717, 1.165) is 20.0 Å². The molecule has 0 saturated carbocycles. The number of nitrogens with zero attached hydrogens (tertiary/aromatic N) is 2. The van der Waals surface area contributed by atoms with Gasteiger partial charge in [-0.3, -0.25) is 0 Å². The first-order valence-electron chi connectivity index (χ1n) is 5.20. The molecule has 0 amide bonds. The van der Waals surface area contributed by atoms with E-state index in [4.69, 9.17) is 0 Å². The second-order valence-corrected chi connectivity index (χ2v) is 3.82. The van der Waals surface area contributed by atoms with Crippen LogP contribution in [0.15, 0.2) is 0 Å². The third-order valence-electron chi connectivity index (χ3n) is 2.73. The van der Waals surface area contributed by atoms with Crippen LogP contribution in [0.5, 0.6) is 0 Å². The van der Waals surface area contributed by atoms with Gasteiger partial charge in [-0.05, 0) is 12.8 Å². The summed E-state index contributed by atoms with van der Waals surface area (Å²) >= 11 is 0. The van der Waals surface area contributed by atoms with Gasteiger partial charge in [0.2, 0.25) is 0 Å². The molecule has 0 N–H and O–H groups in total. The van der Waals surface area contributed by atoms with Crippen molar-refractivity contribution in [3.63, 3.8) is 0 Å². The van der Waals surface area contributed by atoms with Crippen molar-refractivity contribution < 1.29 is 22.7 Å². The number of esters is 1. The summed E-state index contributed by atoms with van der Waals surface area (Å²) in [6.45, 7) is 0.378. The minimum Gasteiger partial charge on any atom is -0.464 e. The summed E-state index contributed by atoms with van der Waals surface area (Å²) in [7, 11) is 1.06. The second-order valence-electron chi connectivity index (χ2n) is 3.82. The van der Waals surface area contributed by atoms with Crippen molar-refractivity contribution in [3.05, 3.63) is 17.2 Å². The Hall–Kier alpha value is -1.53. The van der Waals surface area contributed by atoms with Crippen LogP contribution >= 0.6 is 0 Å². The highest BCUT2D eigenvalue weighted by Gasteiger charge is 2.41. The van der Waals surface area contributed by atoms with Gasteiger partial charge in [-0.2, -0.15) is 13.2 Å². The van der Waals surface area contributed by atoms with Crippen LogP contribution in [0.25, 0.3) is 0 Å². The van der Waals surface area contributed by atoms with E-state index in [9.17, 15) is 18.0 Å². The molecule has 1 aromatic rings. The normalized spacial score (nSPS) is 15.5. The fourth-order valence-electron chi connectivity index (χ4n) is 1.99. The number of fused-ring (bicyclic) bond motifs is 1. The Morgan fingerprint density at radius 2 is 2.12 bits per heavy atom. The van der Waals surface area contributed by atoms with Crippen molar-refractivity contribution >= 4 is 5.97 Å². The Morgan fingerprint density at radius 3 is 2.71 bits per heavy atom. The van der Waals surface area contributed by atoms with Gasteiger partial charge in [0, 0.05) is 13.0 Å². The number of ether oxygens (including phenoxy) is 1. The van der Waals surface area contributed by atoms with Crippen LogP contribution < -0.4 is 0 Å². The highest BCUT2D eigenvalue weighted by Crippen LogP contribution is 2.33. The lowest BCUT2D eigenvalue weighted by Crippen LogP contribution is -2.19. The predicted octanol–water partition coefficient (Wildman–Crippen LogP) is 2.02. The van der Waals surface area contributed by atoms with E-state index in [-0.39, 0.29) is 0 Å². The molecule has 0 radical (unpaired) electrons. The molecule has 0 saturated heterocycles. The highest BCUT2D eigenvalue weighted by molar-refractivity contribution is 5.89. The molecule has 0 aromatic carbocycles. The van der Waals surface area contributed by atoms with Crippen molar-refractivity contribution in [2.24, 2.45) is 0 Å². The summed E-state index contributed by atoms with van der Waals surface area (Å²) in [6.07, 6.45) is -2.65. The average molecular weight is 248 g/mol. The molecule has 2 heterocycles. The maximum Gasteiger partial charge on any atom is 0.435 e. The van der Waals surface area contributed by atoms with Crippen molar-refractivity contribution in [2.75, 3.05) is 7.11 Å². The van der Waals surface area contributed by atoms with E-state index in [1.54, 1.807) is 0 Å². The minimum atomic E-state index is -4.63. The fraction of sp³-hybridized carbons (Fsp3) is 0.600. The molecule has 1 aliphatic heterocycles. The van der Waals surface area contributed by atoms with Gasteiger partial charge >= 0.3 is 12.1 Å². The lowest BCUT2D eigenvalue weighted by Gasteiger charge is -2.15. The number of imidazole rings is 1. The lowest BCUT2D eigenvalue weighted by atomic mass is 10.1. The van der Waals surface area contributed by atoms with Gasteiger partial charge in [-0.25, -0.2) is 9.78 Å². The van der Waals surface area contributed by atoms with Crippen LogP contribution in [0.4, 0.5) is 13.2 Å². The smallest absolute Gasteiger partial charge is 0.435 e. The number of aromatic nitrogens is 2. The molecule has 0 atom stereocenters. The first kappa shape index (κ1) is 11.9. The number of aryl methyl sites for hydroxylation is 1. The van der Waals surface area contributed by atoms with Crippen molar-refractivity contribution in [1.82, 2.24) is 9.55 Å². The van der Waals surface area contributed by atoms with E-state index in [1.807, 2.05) is 0 Å². The molecule has 0 aliphatic carbocycles. The van der Waals surface area contributed by atoms with E-state index in [1.165, 1.54) is 4.57 Å². The highest BCUT2D eigenvalue weighted by atomic mass is 19.4. The number of alkyl halides is 3. The molecule has 0 fully saturated rings. The van der Waals surface area contributed by atoms with Crippen LogP contribution in [0.2, 0.25) is 0 Å². The zero-order valence-electron chi connectivity index (χ0n) is 9.17. The quantitative estimate of drug-likeness (QED) is 0.714. The minimum absolute atomic E-state index is 0.309. The van der Waals surface area contributed by atoms with Gasteiger partial charge in [-0.1, -0.05) is 0 Å². The lowest BCUT2D eigenvalue weighted by molar-refractivity contribution is -0.141. The van der Waals surface area contributed by atoms with Crippen LogP contribution in [0.3, 0.4) is 0 Å². The summed E-state index contributed by atoms with van der Waals surface area (Å²) < 4.78 is 44.0. The van der Waals surface area contributed by atoms with Crippen LogP contribution in [0, 0.1) is 0 Å². The molecular formula is C10H11F3N2O2. The van der Waals surface area contributed by atoms with Crippen LogP contribution in [-0.2, 0) is 23.9 Å². The predicted molar refractivity (Wildman–Crippen MR) is 51.5 cm³/mol. The fourth-order valence-corrected chi connectivity index (χ4v) is 1.99. The monoisotopic (exact) mass is 248 g/mol. The molecule has 1 aliphatic rings. The van der Waals surface area contributed by atoms with Gasteiger partial charge in [-0.15, -0.1) is 0 Å². The molecule has 0 spiro atoms. The summed E-state index contributed by atoms with van der Waals surface area (Å²) in [5.74, 6) is -0.679. The van der Waals surface area contributed by atoms with Gasteiger partial charge in [0.05, 0.1) is 7.11 Å². The molecule has 7 heteroatoms. The average Bonchev–Trinajstić information content (AvgIpc) is 2.67. The molecule has 1 aromatic heterocycles. The van der Waals surface area contributed by atoms with Crippen molar-refractivity contribution in [1.29, 1.82) is 0 Å². The van der Waals surface area contributed by atoms with Crippen molar-refractivity contribution in [3.8, 4) is 0 Å². The van der Waals surface area contributed by atoms with E-state index < -0.39 is 23.5 Å². The number of rotatable bonds is 1. The standard InChI is InChI=1S/C10H11F3N2O2/c1-17-9(16)7-8(10(11,12)13)14-6-4-2-3-5-15(6)7/h2-5H2,1H3. The third kappa shape index (κ3) is 2.01. The summed E-state index contributed by atoms with van der Waals surface area (Å²) in [4.78, 5) is 15.0.